The van der Waals surface area contributed by atoms with E-state index in [9.17, 15) is 9.59 Å². The molecular formula is C11H14BrN3O2. The highest BCUT2D eigenvalue weighted by atomic mass is 79.9. The van der Waals surface area contributed by atoms with E-state index in [-0.39, 0.29) is 11.5 Å². The third-order valence-corrected chi connectivity index (χ3v) is 3.35. The van der Waals surface area contributed by atoms with Gasteiger partial charge in [0.1, 0.15) is 5.69 Å². The number of carbonyl (C=O) groups excluding carboxylic acids is 1. The Morgan fingerprint density at radius 3 is 2.76 bits per heavy atom. The quantitative estimate of drug-likeness (QED) is 0.849. The van der Waals surface area contributed by atoms with E-state index >= 15 is 0 Å². The van der Waals surface area contributed by atoms with Crippen LogP contribution in [0, 0.1) is 0 Å². The van der Waals surface area contributed by atoms with Crippen LogP contribution in [0.5, 0.6) is 0 Å². The molecule has 1 aromatic heterocycles. The molecule has 1 amide bonds. The van der Waals surface area contributed by atoms with E-state index < -0.39 is 0 Å². The predicted molar refractivity (Wildman–Crippen MR) is 67.3 cm³/mol. The van der Waals surface area contributed by atoms with Crippen molar-refractivity contribution >= 4 is 21.8 Å². The Bertz CT molecular complexity index is 436. The van der Waals surface area contributed by atoms with Crippen LogP contribution >= 0.6 is 15.9 Å². The second-order valence-corrected chi connectivity index (χ2v) is 4.87. The van der Waals surface area contributed by atoms with E-state index in [1.807, 2.05) is 4.90 Å². The van der Waals surface area contributed by atoms with E-state index in [0.29, 0.717) is 18.3 Å². The topological polar surface area (TPSA) is 66.1 Å². The maximum absolute atomic E-state index is 12.2. The highest BCUT2D eigenvalue weighted by Gasteiger charge is 2.29. The van der Waals surface area contributed by atoms with Crippen LogP contribution in [0.3, 0.4) is 0 Å². The van der Waals surface area contributed by atoms with Crippen molar-refractivity contribution in [2.45, 2.75) is 25.3 Å². The van der Waals surface area contributed by atoms with Gasteiger partial charge >= 0.3 is 0 Å². The van der Waals surface area contributed by atoms with Crippen LogP contribution in [0.1, 0.15) is 29.8 Å². The van der Waals surface area contributed by atoms with E-state index in [0.717, 1.165) is 18.2 Å². The van der Waals surface area contributed by atoms with Gasteiger partial charge in [-0.2, -0.15) is 5.10 Å². The molecule has 0 unspecified atom stereocenters. The van der Waals surface area contributed by atoms with E-state index in [4.69, 9.17) is 0 Å². The summed E-state index contributed by atoms with van der Waals surface area (Å²) in [6.07, 6.45) is 3.29. The van der Waals surface area contributed by atoms with Gasteiger partial charge in [0, 0.05) is 24.0 Å². The zero-order chi connectivity index (χ0) is 12.3. The Morgan fingerprint density at radius 2 is 2.29 bits per heavy atom. The minimum absolute atomic E-state index is 0.106. The van der Waals surface area contributed by atoms with Crippen molar-refractivity contribution in [1.82, 2.24) is 15.1 Å². The lowest BCUT2D eigenvalue weighted by Gasteiger charge is -2.37. The molecule has 0 atom stereocenters. The lowest BCUT2D eigenvalue weighted by Crippen LogP contribution is -2.45. The first-order valence-corrected chi connectivity index (χ1v) is 6.77. The van der Waals surface area contributed by atoms with E-state index in [1.54, 1.807) is 0 Å². The zero-order valence-corrected chi connectivity index (χ0v) is 10.9. The van der Waals surface area contributed by atoms with Crippen molar-refractivity contribution in [2.24, 2.45) is 0 Å². The number of amides is 1. The molecule has 92 valence electrons. The van der Waals surface area contributed by atoms with Crippen molar-refractivity contribution in [2.75, 3.05) is 11.9 Å². The average molecular weight is 300 g/mol. The molecule has 1 saturated carbocycles. The highest BCUT2D eigenvalue weighted by molar-refractivity contribution is 9.09. The number of aromatic amines is 1. The average Bonchev–Trinajstić information content (AvgIpc) is 2.26. The van der Waals surface area contributed by atoms with Gasteiger partial charge in [0.2, 0.25) is 0 Å². The number of carbonyl (C=O) groups is 1. The van der Waals surface area contributed by atoms with Gasteiger partial charge in [0.05, 0.1) is 0 Å². The van der Waals surface area contributed by atoms with Crippen molar-refractivity contribution < 1.29 is 4.79 Å². The molecule has 1 N–H and O–H groups in total. The molecule has 1 heterocycles. The Labute approximate surface area is 107 Å². The van der Waals surface area contributed by atoms with Crippen LogP contribution < -0.4 is 5.56 Å². The Kier molecular flexibility index (Phi) is 3.93. The number of nitrogens with one attached hydrogen (secondary N) is 1. The minimum Gasteiger partial charge on any atom is -0.333 e. The number of nitrogens with zero attached hydrogens (tertiary/aromatic N) is 2. The lowest BCUT2D eigenvalue weighted by molar-refractivity contribution is 0.0592. The van der Waals surface area contributed by atoms with Crippen molar-refractivity contribution in [3.63, 3.8) is 0 Å². The summed E-state index contributed by atoms with van der Waals surface area (Å²) in [7, 11) is 0. The summed E-state index contributed by atoms with van der Waals surface area (Å²) in [5, 5.41) is 6.81. The normalized spacial score (nSPS) is 15.4. The molecular weight excluding hydrogens is 286 g/mol. The molecule has 2 rings (SSSR count). The van der Waals surface area contributed by atoms with Crippen LogP contribution in [0.2, 0.25) is 0 Å². The van der Waals surface area contributed by atoms with Crippen LogP contribution in [0.15, 0.2) is 16.9 Å². The first-order chi connectivity index (χ1) is 8.22. The Hall–Kier alpha value is -1.17. The molecule has 1 fully saturated rings. The number of alkyl halides is 1. The molecule has 1 aliphatic carbocycles. The molecule has 17 heavy (non-hydrogen) atoms. The summed E-state index contributed by atoms with van der Waals surface area (Å²) < 4.78 is 0. The highest BCUT2D eigenvalue weighted by Crippen LogP contribution is 2.25. The molecule has 0 spiro atoms. The van der Waals surface area contributed by atoms with Gasteiger partial charge in [-0.05, 0) is 25.3 Å². The lowest BCUT2D eigenvalue weighted by atomic mass is 9.91. The SMILES string of the molecule is O=C(c1ccc(=O)[nH]n1)N(CCBr)C1CCC1. The van der Waals surface area contributed by atoms with Gasteiger partial charge in [-0.1, -0.05) is 15.9 Å². The summed E-state index contributed by atoms with van der Waals surface area (Å²) in [5.74, 6) is -0.106. The predicted octanol–water partition coefficient (Wildman–Crippen LogP) is 1.16. The molecule has 0 bridgehead atoms. The van der Waals surface area contributed by atoms with Crippen molar-refractivity contribution in [3.8, 4) is 0 Å². The number of hydrogen-bond acceptors (Lipinski definition) is 3. The van der Waals surface area contributed by atoms with Gasteiger partial charge in [-0.3, -0.25) is 9.59 Å². The number of aromatic nitrogens is 2. The molecule has 0 aliphatic heterocycles. The Balaban J connectivity index is 2.14. The first-order valence-electron chi connectivity index (χ1n) is 5.65. The maximum atomic E-state index is 12.2. The third-order valence-electron chi connectivity index (χ3n) is 3.00. The fourth-order valence-corrected chi connectivity index (χ4v) is 2.23. The Morgan fingerprint density at radius 1 is 1.53 bits per heavy atom. The standard InChI is InChI=1S/C11H14BrN3O2/c12-6-7-15(8-2-1-3-8)11(17)9-4-5-10(16)14-13-9/h4-5,8H,1-3,6-7H2,(H,14,16). The fourth-order valence-electron chi connectivity index (χ4n) is 1.85. The summed E-state index contributed by atoms with van der Waals surface area (Å²) in [4.78, 5) is 24.9. The minimum atomic E-state index is -0.294. The van der Waals surface area contributed by atoms with Gasteiger partial charge in [0.25, 0.3) is 11.5 Å². The molecule has 1 aromatic rings. The van der Waals surface area contributed by atoms with E-state index in [2.05, 4.69) is 26.1 Å². The maximum Gasteiger partial charge on any atom is 0.274 e. The van der Waals surface area contributed by atoms with Crippen molar-refractivity contribution in [3.05, 3.63) is 28.2 Å². The van der Waals surface area contributed by atoms with Crippen LogP contribution in [-0.2, 0) is 0 Å². The molecule has 1 aliphatic rings. The number of rotatable bonds is 4. The molecule has 6 heteroatoms. The second-order valence-electron chi connectivity index (χ2n) is 4.08. The monoisotopic (exact) mass is 299 g/mol. The van der Waals surface area contributed by atoms with Gasteiger partial charge in [0.15, 0.2) is 0 Å². The second kappa shape index (κ2) is 5.44. The fraction of sp³-hybridized carbons (Fsp3) is 0.545. The summed E-state index contributed by atoms with van der Waals surface area (Å²) in [6, 6.07) is 3.13. The largest absolute Gasteiger partial charge is 0.333 e. The molecule has 0 saturated heterocycles. The van der Waals surface area contributed by atoms with Crippen LogP contribution in [-0.4, -0.2) is 38.9 Å². The number of halogens is 1. The third kappa shape index (κ3) is 2.74. The van der Waals surface area contributed by atoms with Gasteiger partial charge < -0.3 is 4.90 Å². The van der Waals surface area contributed by atoms with Crippen LogP contribution in [0.4, 0.5) is 0 Å². The summed E-state index contributed by atoms with van der Waals surface area (Å²) in [5.41, 5.74) is 0.00897. The smallest absolute Gasteiger partial charge is 0.274 e. The zero-order valence-electron chi connectivity index (χ0n) is 9.36. The molecule has 0 aromatic carbocycles. The summed E-state index contributed by atoms with van der Waals surface area (Å²) in [6.45, 7) is 0.671. The molecule has 0 radical (unpaired) electrons. The van der Waals surface area contributed by atoms with Gasteiger partial charge in [-0.15, -0.1) is 0 Å². The summed E-state index contributed by atoms with van der Waals surface area (Å²) >= 11 is 3.35. The van der Waals surface area contributed by atoms with Crippen molar-refractivity contribution in [1.29, 1.82) is 0 Å². The number of hydrogen-bond donors (Lipinski definition) is 1. The van der Waals surface area contributed by atoms with Gasteiger partial charge in [-0.25, -0.2) is 5.10 Å². The van der Waals surface area contributed by atoms with Crippen LogP contribution in [0.25, 0.3) is 0 Å². The molecule has 5 nitrogen and oxygen atoms in total. The first kappa shape index (κ1) is 12.3. The number of H-pyrrole nitrogens is 1. The van der Waals surface area contributed by atoms with E-state index in [1.165, 1.54) is 18.6 Å².